The molecule has 5 heteroatoms. The van der Waals surface area contributed by atoms with Crippen molar-refractivity contribution in [3.63, 3.8) is 0 Å². The second kappa shape index (κ2) is 5.38. The number of nitrogens with zero attached hydrogens (tertiary/aromatic N) is 2. The first-order valence-electron chi connectivity index (χ1n) is 7.14. The fourth-order valence-corrected chi connectivity index (χ4v) is 2.78. The van der Waals surface area contributed by atoms with Crippen LogP contribution in [-0.4, -0.2) is 37.0 Å². The number of carbonyl (C=O) groups excluding carboxylic acids is 1. The number of hydrogen-bond acceptors (Lipinski definition) is 2. The van der Waals surface area contributed by atoms with Crippen LogP contribution in [-0.2, 0) is 4.79 Å². The number of benzene rings is 1. The van der Waals surface area contributed by atoms with Crippen LogP contribution in [0.4, 0.5) is 14.5 Å². The zero-order chi connectivity index (χ0) is 14.1. The van der Waals surface area contributed by atoms with E-state index in [1.54, 1.807) is 6.07 Å². The fourth-order valence-electron chi connectivity index (χ4n) is 2.78. The molecule has 0 aromatic heterocycles. The predicted octanol–water partition coefficient (Wildman–Crippen LogP) is 2.41. The lowest BCUT2D eigenvalue weighted by Crippen LogP contribution is -2.51. The first-order chi connectivity index (χ1) is 9.65. The number of piperazine rings is 1. The van der Waals surface area contributed by atoms with Crippen LogP contribution >= 0.6 is 0 Å². The first kappa shape index (κ1) is 13.3. The second-order valence-corrected chi connectivity index (χ2v) is 5.54. The summed E-state index contributed by atoms with van der Waals surface area (Å²) < 4.78 is 26.2. The Balaban J connectivity index is 1.60. The molecule has 1 amide bonds. The minimum absolute atomic E-state index is 0.227. The fraction of sp³-hybridized carbons (Fsp3) is 0.533. The van der Waals surface area contributed by atoms with Gasteiger partial charge in [0, 0.05) is 43.9 Å². The highest BCUT2D eigenvalue weighted by atomic mass is 19.2. The van der Waals surface area contributed by atoms with Crippen LogP contribution in [0.15, 0.2) is 18.2 Å². The van der Waals surface area contributed by atoms with Gasteiger partial charge in [0.2, 0.25) is 5.91 Å². The van der Waals surface area contributed by atoms with Crippen molar-refractivity contribution in [2.24, 2.45) is 5.92 Å². The van der Waals surface area contributed by atoms with Crippen molar-refractivity contribution < 1.29 is 13.6 Å². The Morgan fingerprint density at radius 2 is 1.75 bits per heavy atom. The Bertz CT molecular complexity index is 509. The molecule has 3 rings (SSSR count). The van der Waals surface area contributed by atoms with Crippen LogP contribution in [0.5, 0.6) is 0 Å². The number of hydrogen-bond donors (Lipinski definition) is 0. The maximum atomic E-state index is 13.2. The molecule has 20 heavy (non-hydrogen) atoms. The van der Waals surface area contributed by atoms with Gasteiger partial charge in [-0.25, -0.2) is 8.78 Å². The molecule has 108 valence electrons. The molecule has 1 aliphatic heterocycles. The van der Waals surface area contributed by atoms with Gasteiger partial charge in [0.05, 0.1) is 0 Å². The largest absolute Gasteiger partial charge is 0.368 e. The van der Waals surface area contributed by atoms with Crippen LogP contribution in [0, 0.1) is 17.6 Å². The standard InChI is InChI=1S/C15H18F2N2O/c16-13-5-4-12(10-14(13)17)18-6-8-19(9-7-18)15(20)11-2-1-3-11/h4-5,10-11H,1-3,6-9H2. The van der Waals surface area contributed by atoms with Crippen LogP contribution in [0.3, 0.4) is 0 Å². The van der Waals surface area contributed by atoms with E-state index >= 15 is 0 Å². The van der Waals surface area contributed by atoms with Crippen LogP contribution < -0.4 is 4.90 Å². The number of anilines is 1. The molecule has 1 saturated heterocycles. The van der Waals surface area contributed by atoms with Crippen molar-refractivity contribution in [3.05, 3.63) is 29.8 Å². The van der Waals surface area contributed by atoms with Gasteiger partial charge in [-0.15, -0.1) is 0 Å². The predicted molar refractivity (Wildman–Crippen MR) is 72.5 cm³/mol. The highest BCUT2D eigenvalue weighted by Crippen LogP contribution is 2.29. The summed E-state index contributed by atoms with van der Waals surface area (Å²) in [5.41, 5.74) is 0.680. The molecule has 0 unspecified atom stereocenters. The van der Waals surface area contributed by atoms with Gasteiger partial charge in [-0.3, -0.25) is 4.79 Å². The highest BCUT2D eigenvalue weighted by molar-refractivity contribution is 5.79. The Morgan fingerprint density at radius 3 is 2.30 bits per heavy atom. The van der Waals surface area contributed by atoms with Crippen molar-refractivity contribution in [1.29, 1.82) is 0 Å². The average molecular weight is 280 g/mol. The SMILES string of the molecule is O=C(C1CCC1)N1CCN(c2ccc(F)c(F)c2)CC1. The topological polar surface area (TPSA) is 23.6 Å². The van der Waals surface area contributed by atoms with Gasteiger partial charge < -0.3 is 9.80 Å². The lowest BCUT2D eigenvalue weighted by atomic mass is 9.84. The molecule has 2 fully saturated rings. The Hall–Kier alpha value is -1.65. The number of rotatable bonds is 2. The van der Waals surface area contributed by atoms with Crippen molar-refractivity contribution in [2.45, 2.75) is 19.3 Å². The smallest absolute Gasteiger partial charge is 0.225 e. The maximum absolute atomic E-state index is 13.2. The summed E-state index contributed by atoms with van der Waals surface area (Å²) in [5, 5.41) is 0. The van der Waals surface area contributed by atoms with Crippen molar-refractivity contribution in [1.82, 2.24) is 4.90 Å². The Morgan fingerprint density at radius 1 is 1.05 bits per heavy atom. The van der Waals surface area contributed by atoms with Crippen LogP contribution in [0.1, 0.15) is 19.3 Å². The van der Waals surface area contributed by atoms with E-state index in [0.29, 0.717) is 31.9 Å². The molecule has 0 atom stereocenters. The normalized spacial score (nSPS) is 19.9. The third-order valence-corrected chi connectivity index (χ3v) is 4.31. The van der Waals surface area contributed by atoms with Gasteiger partial charge in [-0.05, 0) is 25.0 Å². The number of halogens is 2. The van der Waals surface area contributed by atoms with Crippen molar-refractivity contribution in [2.75, 3.05) is 31.1 Å². The van der Waals surface area contributed by atoms with E-state index in [-0.39, 0.29) is 11.8 Å². The average Bonchev–Trinajstić information content (AvgIpc) is 2.40. The molecule has 0 N–H and O–H groups in total. The molecular weight excluding hydrogens is 262 g/mol. The molecular formula is C15H18F2N2O. The molecule has 1 saturated carbocycles. The van der Waals surface area contributed by atoms with E-state index in [9.17, 15) is 13.6 Å². The summed E-state index contributed by atoms with van der Waals surface area (Å²) in [7, 11) is 0. The van der Waals surface area contributed by atoms with Gasteiger partial charge in [0.25, 0.3) is 0 Å². The summed E-state index contributed by atoms with van der Waals surface area (Å²) in [6.45, 7) is 2.66. The van der Waals surface area contributed by atoms with Gasteiger partial charge in [0.1, 0.15) is 0 Å². The van der Waals surface area contributed by atoms with Gasteiger partial charge >= 0.3 is 0 Å². The van der Waals surface area contributed by atoms with E-state index in [0.717, 1.165) is 25.3 Å². The molecule has 0 spiro atoms. The minimum atomic E-state index is -0.826. The summed E-state index contributed by atoms with van der Waals surface area (Å²) in [4.78, 5) is 16.0. The van der Waals surface area contributed by atoms with E-state index in [2.05, 4.69) is 0 Å². The van der Waals surface area contributed by atoms with Crippen LogP contribution in [0.25, 0.3) is 0 Å². The quantitative estimate of drug-likeness (QED) is 0.830. The monoisotopic (exact) mass is 280 g/mol. The number of carbonyl (C=O) groups is 1. The summed E-state index contributed by atoms with van der Waals surface area (Å²) >= 11 is 0. The lowest BCUT2D eigenvalue weighted by molar-refractivity contribution is -0.138. The zero-order valence-corrected chi connectivity index (χ0v) is 11.3. The minimum Gasteiger partial charge on any atom is -0.368 e. The van der Waals surface area contributed by atoms with E-state index in [1.165, 1.54) is 6.07 Å². The summed E-state index contributed by atoms with van der Waals surface area (Å²) in [6, 6.07) is 3.96. The Labute approximate surface area is 117 Å². The zero-order valence-electron chi connectivity index (χ0n) is 11.3. The molecule has 1 heterocycles. The third kappa shape index (κ3) is 2.49. The van der Waals surface area contributed by atoms with E-state index in [4.69, 9.17) is 0 Å². The Kier molecular flexibility index (Phi) is 3.59. The maximum Gasteiger partial charge on any atom is 0.225 e. The van der Waals surface area contributed by atoms with E-state index in [1.807, 2.05) is 9.80 Å². The first-order valence-corrected chi connectivity index (χ1v) is 7.14. The molecule has 2 aliphatic rings. The molecule has 0 radical (unpaired) electrons. The van der Waals surface area contributed by atoms with Gasteiger partial charge in [-0.1, -0.05) is 6.42 Å². The molecule has 1 aliphatic carbocycles. The van der Waals surface area contributed by atoms with Crippen LogP contribution in [0.2, 0.25) is 0 Å². The van der Waals surface area contributed by atoms with Crippen molar-refractivity contribution >= 4 is 11.6 Å². The third-order valence-electron chi connectivity index (χ3n) is 4.31. The lowest BCUT2D eigenvalue weighted by Gasteiger charge is -2.39. The van der Waals surface area contributed by atoms with Crippen molar-refractivity contribution in [3.8, 4) is 0 Å². The van der Waals surface area contributed by atoms with E-state index < -0.39 is 11.6 Å². The van der Waals surface area contributed by atoms with Gasteiger partial charge in [0.15, 0.2) is 11.6 Å². The molecule has 1 aromatic carbocycles. The molecule has 0 bridgehead atoms. The number of amides is 1. The molecule has 3 nitrogen and oxygen atoms in total. The molecule has 1 aromatic rings. The summed E-state index contributed by atoms with van der Waals surface area (Å²) in [6.07, 6.45) is 3.19. The second-order valence-electron chi connectivity index (χ2n) is 5.54. The summed E-state index contributed by atoms with van der Waals surface area (Å²) in [5.74, 6) is -1.16. The van der Waals surface area contributed by atoms with Gasteiger partial charge in [-0.2, -0.15) is 0 Å². The highest BCUT2D eigenvalue weighted by Gasteiger charge is 2.31.